The third-order valence-corrected chi connectivity index (χ3v) is 1.95. The van der Waals surface area contributed by atoms with Crippen molar-refractivity contribution in [3.05, 3.63) is 30.1 Å². The fourth-order valence-electron chi connectivity index (χ4n) is 1.26. The standard InChI is InChI=1S/C10H6F2N2O4/c11-10(12)17-6-4-2-1-3-5(6)8-13-7(9(15)16)14-18-8/h1-4,10H,(H,15,16). The second-order valence-electron chi connectivity index (χ2n) is 3.10. The van der Waals surface area contributed by atoms with E-state index in [0.29, 0.717) is 0 Å². The molecule has 18 heavy (non-hydrogen) atoms. The van der Waals surface area contributed by atoms with Crippen molar-refractivity contribution in [3.63, 3.8) is 0 Å². The van der Waals surface area contributed by atoms with Crippen LogP contribution in [0.3, 0.4) is 0 Å². The van der Waals surface area contributed by atoms with Crippen LogP contribution in [0.15, 0.2) is 28.8 Å². The maximum atomic E-state index is 12.2. The van der Waals surface area contributed by atoms with Crippen LogP contribution in [0, 0.1) is 0 Å². The summed E-state index contributed by atoms with van der Waals surface area (Å²) in [4.78, 5) is 14.1. The second kappa shape index (κ2) is 4.78. The van der Waals surface area contributed by atoms with Crippen molar-refractivity contribution >= 4 is 5.97 Å². The lowest BCUT2D eigenvalue weighted by molar-refractivity contribution is -0.0495. The Labute approximate surface area is 98.8 Å². The number of aromatic carboxylic acids is 1. The highest BCUT2D eigenvalue weighted by Crippen LogP contribution is 2.29. The number of ether oxygens (including phenoxy) is 1. The van der Waals surface area contributed by atoms with Gasteiger partial charge in [0.05, 0.1) is 5.56 Å². The largest absolute Gasteiger partial charge is 0.475 e. The fourth-order valence-corrected chi connectivity index (χ4v) is 1.26. The van der Waals surface area contributed by atoms with Gasteiger partial charge in [0, 0.05) is 0 Å². The van der Waals surface area contributed by atoms with E-state index in [0.717, 1.165) is 0 Å². The third-order valence-electron chi connectivity index (χ3n) is 1.95. The zero-order valence-electron chi connectivity index (χ0n) is 8.71. The van der Waals surface area contributed by atoms with Gasteiger partial charge >= 0.3 is 12.6 Å². The van der Waals surface area contributed by atoms with E-state index in [4.69, 9.17) is 5.11 Å². The van der Waals surface area contributed by atoms with Gasteiger partial charge in [0.1, 0.15) is 5.75 Å². The molecule has 1 aromatic carbocycles. The Morgan fingerprint density at radius 1 is 1.39 bits per heavy atom. The number of rotatable bonds is 4. The van der Waals surface area contributed by atoms with Crippen molar-refractivity contribution in [1.29, 1.82) is 0 Å². The summed E-state index contributed by atoms with van der Waals surface area (Å²) in [5, 5.41) is 11.8. The molecule has 0 spiro atoms. The predicted octanol–water partition coefficient (Wildman–Crippen LogP) is 2.04. The first kappa shape index (κ1) is 12.0. The summed E-state index contributed by atoms with van der Waals surface area (Å²) < 4.78 is 33.3. The monoisotopic (exact) mass is 256 g/mol. The van der Waals surface area contributed by atoms with Gasteiger partial charge in [0.15, 0.2) is 0 Å². The first-order chi connectivity index (χ1) is 8.58. The van der Waals surface area contributed by atoms with Crippen LogP contribution in [0.1, 0.15) is 10.6 Å². The van der Waals surface area contributed by atoms with Crippen LogP contribution in [0.2, 0.25) is 0 Å². The maximum Gasteiger partial charge on any atom is 0.387 e. The van der Waals surface area contributed by atoms with Crippen LogP contribution in [0.5, 0.6) is 5.75 Å². The minimum Gasteiger partial charge on any atom is -0.475 e. The van der Waals surface area contributed by atoms with Crippen LogP contribution >= 0.6 is 0 Å². The zero-order valence-corrected chi connectivity index (χ0v) is 8.71. The van der Waals surface area contributed by atoms with E-state index in [1.54, 1.807) is 0 Å². The summed E-state index contributed by atoms with van der Waals surface area (Å²) in [6.07, 6.45) is 0. The molecule has 94 valence electrons. The average Bonchev–Trinajstić information content (AvgIpc) is 2.78. The SMILES string of the molecule is O=C(O)c1noc(-c2ccccc2OC(F)F)n1. The molecule has 2 rings (SSSR count). The molecule has 6 nitrogen and oxygen atoms in total. The van der Waals surface area contributed by atoms with Crippen LogP contribution in [0.4, 0.5) is 8.78 Å². The molecule has 0 aliphatic rings. The van der Waals surface area contributed by atoms with Crippen molar-refractivity contribution in [2.75, 3.05) is 0 Å². The summed E-state index contributed by atoms with van der Waals surface area (Å²) in [7, 11) is 0. The number of hydrogen-bond acceptors (Lipinski definition) is 5. The molecular weight excluding hydrogens is 250 g/mol. The maximum absolute atomic E-state index is 12.2. The summed E-state index contributed by atoms with van der Waals surface area (Å²) in [6, 6.07) is 5.71. The summed E-state index contributed by atoms with van der Waals surface area (Å²) in [5.74, 6) is -2.31. The number of carboxylic acid groups (broad SMARTS) is 1. The van der Waals surface area contributed by atoms with Crippen molar-refractivity contribution in [2.45, 2.75) is 6.61 Å². The highest BCUT2D eigenvalue weighted by Gasteiger charge is 2.18. The number of hydrogen-bond donors (Lipinski definition) is 1. The number of alkyl halides is 2. The predicted molar refractivity (Wildman–Crippen MR) is 53.3 cm³/mol. The number of benzene rings is 1. The van der Waals surface area contributed by atoms with Crippen LogP contribution < -0.4 is 4.74 Å². The van der Waals surface area contributed by atoms with Gasteiger partial charge < -0.3 is 14.4 Å². The Morgan fingerprint density at radius 3 is 2.72 bits per heavy atom. The van der Waals surface area contributed by atoms with Gasteiger partial charge in [-0.3, -0.25) is 0 Å². The topological polar surface area (TPSA) is 85.5 Å². The molecule has 0 saturated carbocycles. The minimum atomic E-state index is -3.01. The molecule has 0 unspecified atom stereocenters. The lowest BCUT2D eigenvalue weighted by Gasteiger charge is -2.06. The molecule has 2 aromatic rings. The molecule has 0 amide bonds. The van der Waals surface area contributed by atoms with E-state index >= 15 is 0 Å². The van der Waals surface area contributed by atoms with Crippen LogP contribution in [-0.2, 0) is 0 Å². The molecule has 8 heteroatoms. The normalized spacial score (nSPS) is 10.6. The third kappa shape index (κ3) is 2.42. The van der Waals surface area contributed by atoms with Crippen molar-refractivity contribution in [2.24, 2.45) is 0 Å². The van der Waals surface area contributed by atoms with E-state index < -0.39 is 18.4 Å². The first-order valence-electron chi connectivity index (χ1n) is 4.69. The van der Waals surface area contributed by atoms with Gasteiger partial charge in [0.25, 0.3) is 11.7 Å². The van der Waals surface area contributed by atoms with Crippen molar-refractivity contribution in [3.8, 4) is 17.2 Å². The summed E-state index contributed by atoms with van der Waals surface area (Å²) in [5.41, 5.74) is 0.0952. The molecular formula is C10H6F2N2O4. The smallest absolute Gasteiger partial charge is 0.387 e. The van der Waals surface area contributed by atoms with E-state index in [1.165, 1.54) is 24.3 Å². The lowest BCUT2D eigenvalue weighted by Crippen LogP contribution is -2.03. The van der Waals surface area contributed by atoms with Crippen LogP contribution in [-0.4, -0.2) is 27.8 Å². The molecule has 0 radical (unpaired) electrons. The molecule has 0 atom stereocenters. The Kier molecular flexibility index (Phi) is 3.18. The average molecular weight is 256 g/mol. The number of aromatic nitrogens is 2. The molecule has 0 saturated heterocycles. The van der Waals surface area contributed by atoms with Crippen molar-refractivity contribution in [1.82, 2.24) is 10.1 Å². The molecule has 0 aliphatic carbocycles. The number of para-hydroxylation sites is 1. The van der Waals surface area contributed by atoms with Crippen LogP contribution in [0.25, 0.3) is 11.5 Å². The minimum absolute atomic E-state index is 0.0952. The van der Waals surface area contributed by atoms with Gasteiger partial charge in [-0.15, -0.1) is 0 Å². The molecule has 0 bridgehead atoms. The van der Waals surface area contributed by atoms with Gasteiger partial charge in [-0.2, -0.15) is 13.8 Å². The number of nitrogens with zero attached hydrogens (tertiary/aromatic N) is 2. The number of carbonyl (C=O) groups is 1. The van der Waals surface area contributed by atoms with E-state index in [9.17, 15) is 13.6 Å². The fraction of sp³-hybridized carbons (Fsp3) is 0.100. The Hall–Kier alpha value is -2.51. The summed E-state index contributed by atoms with van der Waals surface area (Å²) >= 11 is 0. The first-order valence-corrected chi connectivity index (χ1v) is 4.69. The Bertz CT molecular complexity index is 571. The summed E-state index contributed by atoms with van der Waals surface area (Å²) in [6.45, 7) is -3.01. The van der Waals surface area contributed by atoms with E-state index in [2.05, 4.69) is 19.4 Å². The Morgan fingerprint density at radius 2 is 2.11 bits per heavy atom. The molecule has 0 fully saturated rings. The van der Waals surface area contributed by atoms with Gasteiger partial charge in [0.2, 0.25) is 0 Å². The Balaban J connectivity index is 2.39. The van der Waals surface area contributed by atoms with E-state index in [1.807, 2.05) is 0 Å². The zero-order chi connectivity index (χ0) is 13.1. The van der Waals surface area contributed by atoms with Gasteiger partial charge in [-0.05, 0) is 17.3 Å². The van der Waals surface area contributed by atoms with E-state index in [-0.39, 0.29) is 17.2 Å². The van der Waals surface area contributed by atoms with Gasteiger partial charge in [-0.1, -0.05) is 12.1 Å². The molecule has 1 heterocycles. The highest BCUT2D eigenvalue weighted by atomic mass is 19.3. The van der Waals surface area contributed by atoms with Gasteiger partial charge in [-0.25, -0.2) is 4.79 Å². The van der Waals surface area contributed by atoms with Crippen molar-refractivity contribution < 1.29 is 27.9 Å². The number of halogens is 2. The molecule has 1 N–H and O–H groups in total. The highest BCUT2D eigenvalue weighted by molar-refractivity contribution is 5.83. The molecule has 0 aliphatic heterocycles. The number of carboxylic acids is 1. The second-order valence-corrected chi connectivity index (χ2v) is 3.10. The lowest BCUT2D eigenvalue weighted by atomic mass is 10.2. The quantitative estimate of drug-likeness (QED) is 0.900. The molecule has 1 aromatic heterocycles.